The smallest absolute Gasteiger partial charge is 0.335 e. The molecule has 0 atom stereocenters. The molecule has 0 aliphatic carbocycles. The van der Waals surface area contributed by atoms with Crippen LogP contribution in [0.2, 0.25) is 0 Å². The molecule has 0 saturated carbocycles. The Bertz CT molecular complexity index is 608. The molecule has 1 aromatic carbocycles. The Hall–Kier alpha value is -1.96. The Labute approximate surface area is 147 Å². The van der Waals surface area contributed by atoms with Gasteiger partial charge >= 0.3 is 5.97 Å². The first-order valence-electron chi connectivity index (χ1n) is 8.74. The van der Waals surface area contributed by atoms with Crippen LogP contribution in [-0.2, 0) is 16.1 Å². The Morgan fingerprint density at radius 1 is 1.00 bits per heavy atom. The quantitative estimate of drug-likeness (QED) is 0.829. The summed E-state index contributed by atoms with van der Waals surface area (Å²) in [6.07, 6.45) is 0. The zero-order chi connectivity index (χ0) is 17.6. The first-order chi connectivity index (χ1) is 12.1. The molecule has 1 N–H and O–H groups in total. The minimum Gasteiger partial charge on any atom is -0.478 e. The van der Waals surface area contributed by atoms with E-state index in [-0.39, 0.29) is 5.91 Å². The Kier molecular flexibility index (Phi) is 6.01. The highest BCUT2D eigenvalue weighted by Gasteiger charge is 2.23. The summed E-state index contributed by atoms with van der Waals surface area (Å²) in [7, 11) is 0. The number of rotatable bonds is 5. The number of morpholine rings is 1. The SMILES string of the molecule is O=C(O)c1cccc(CN2CCN(C(=O)CN3CCOCC3)CC2)c1. The molecular weight excluding hydrogens is 322 g/mol. The van der Waals surface area contributed by atoms with Crippen LogP contribution in [0.25, 0.3) is 0 Å². The van der Waals surface area contributed by atoms with Gasteiger partial charge in [0, 0.05) is 45.8 Å². The van der Waals surface area contributed by atoms with Gasteiger partial charge in [-0.25, -0.2) is 4.79 Å². The number of aromatic carboxylic acids is 1. The third-order valence-electron chi connectivity index (χ3n) is 4.77. The molecule has 7 heteroatoms. The van der Waals surface area contributed by atoms with Gasteiger partial charge in [0.25, 0.3) is 0 Å². The van der Waals surface area contributed by atoms with E-state index in [0.29, 0.717) is 31.9 Å². The third-order valence-corrected chi connectivity index (χ3v) is 4.77. The Balaban J connectivity index is 1.46. The molecule has 2 aliphatic heterocycles. The average molecular weight is 347 g/mol. The maximum absolute atomic E-state index is 12.4. The van der Waals surface area contributed by atoms with E-state index in [2.05, 4.69) is 9.80 Å². The van der Waals surface area contributed by atoms with Crippen molar-refractivity contribution in [2.24, 2.45) is 0 Å². The fraction of sp³-hybridized carbons (Fsp3) is 0.556. The van der Waals surface area contributed by atoms with E-state index in [4.69, 9.17) is 9.84 Å². The lowest BCUT2D eigenvalue weighted by atomic mass is 10.1. The van der Waals surface area contributed by atoms with Crippen molar-refractivity contribution in [1.82, 2.24) is 14.7 Å². The lowest BCUT2D eigenvalue weighted by Crippen LogP contribution is -2.51. The van der Waals surface area contributed by atoms with Crippen LogP contribution in [-0.4, -0.2) is 90.7 Å². The van der Waals surface area contributed by atoms with E-state index in [1.54, 1.807) is 18.2 Å². The van der Waals surface area contributed by atoms with Crippen molar-refractivity contribution in [1.29, 1.82) is 0 Å². The molecule has 136 valence electrons. The largest absolute Gasteiger partial charge is 0.478 e. The van der Waals surface area contributed by atoms with Gasteiger partial charge in [-0.15, -0.1) is 0 Å². The van der Waals surface area contributed by atoms with Crippen molar-refractivity contribution in [3.63, 3.8) is 0 Å². The summed E-state index contributed by atoms with van der Waals surface area (Å²) in [6, 6.07) is 7.05. The van der Waals surface area contributed by atoms with E-state index in [9.17, 15) is 9.59 Å². The second kappa shape index (κ2) is 8.42. The fourth-order valence-electron chi connectivity index (χ4n) is 3.27. The molecule has 2 heterocycles. The zero-order valence-electron chi connectivity index (χ0n) is 14.4. The van der Waals surface area contributed by atoms with Crippen LogP contribution >= 0.6 is 0 Å². The van der Waals surface area contributed by atoms with Gasteiger partial charge in [-0.1, -0.05) is 12.1 Å². The lowest BCUT2D eigenvalue weighted by molar-refractivity contribution is -0.135. The number of carbonyl (C=O) groups is 2. The van der Waals surface area contributed by atoms with Gasteiger partial charge in [0.15, 0.2) is 0 Å². The summed E-state index contributed by atoms with van der Waals surface area (Å²) < 4.78 is 5.31. The normalized spacial score (nSPS) is 19.8. The molecule has 2 fully saturated rings. The minimum atomic E-state index is -0.902. The van der Waals surface area contributed by atoms with Crippen molar-refractivity contribution in [2.45, 2.75) is 6.54 Å². The van der Waals surface area contributed by atoms with Crippen molar-refractivity contribution in [3.05, 3.63) is 35.4 Å². The van der Waals surface area contributed by atoms with E-state index < -0.39 is 5.97 Å². The number of carboxylic acids is 1. The van der Waals surface area contributed by atoms with Gasteiger partial charge in [0.2, 0.25) is 5.91 Å². The van der Waals surface area contributed by atoms with Crippen molar-refractivity contribution in [2.75, 3.05) is 59.0 Å². The fourth-order valence-corrected chi connectivity index (χ4v) is 3.27. The Morgan fingerprint density at radius 2 is 1.72 bits per heavy atom. The van der Waals surface area contributed by atoms with Crippen LogP contribution in [0.15, 0.2) is 24.3 Å². The second-order valence-electron chi connectivity index (χ2n) is 6.55. The molecule has 0 spiro atoms. The minimum absolute atomic E-state index is 0.189. The molecule has 1 aromatic rings. The predicted molar refractivity (Wildman–Crippen MR) is 92.5 cm³/mol. The van der Waals surface area contributed by atoms with Crippen molar-refractivity contribution in [3.8, 4) is 0 Å². The molecule has 25 heavy (non-hydrogen) atoms. The number of carboxylic acid groups (broad SMARTS) is 1. The van der Waals surface area contributed by atoms with Gasteiger partial charge in [-0.2, -0.15) is 0 Å². The molecule has 1 amide bonds. The highest BCUT2D eigenvalue weighted by Crippen LogP contribution is 2.11. The highest BCUT2D eigenvalue weighted by atomic mass is 16.5. The second-order valence-corrected chi connectivity index (χ2v) is 6.55. The van der Waals surface area contributed by atoms with Crippen LogP contribution in [0.1, 0.15) is 15.9 Å². The summed E-state index contributed by atoms with van der Waals surface area (Å²) in [6.45, 7) is 7.32. The van der Waals surface area contributed by atoms with Gasteiger partial charge in [0.05, 0.1) is 25.3 Å². The van der Waals surface area contributed by atoms with Gasteiger partial charge < -0.3 is 14.7 Å². The number of hydrogen-bond donors (Lipinski definition) is 1. The monoisotopic (exact) mass is 347 g/mol. The molecule has 2 aliphatic rings. The average Bonchev–Trinajstić information content (AvgIpc) is 2.63. The van der Waals surface area contributed by atoms with Gasteiger partial charge in [0.1, 0.15) is 0 Å². The summed E-state index contributed by atoms with van der Waals surface area (Å²) in [5, 5.41) is 9.08. The number of hydrogen-bond acceptors (Lipinski definition) is 5. The van der Waals surface area contributed by atoms with E-state index in [1.165, 1.54) is 0 Å². The molecule has 2 saturated heterocycles. The molecule has 0 bridgehead atoms. The summed E-state index contributed by atoms with van der Waals surface area (Å²) >= 11 is 0. The first-order valence-corrected chi connectivity index (χ1v) is 8.74. The topological polar surface area (TPSA) is 73.3 Å². The van der Waals surface area contributed by atoms with E-state index in [0.717, 1.165) is 44.8 Å². The summed E-state index contributed by atoms with van der Waals surface area (Å²) in [5.41, 5.74) is 1.31. The summed E-state index contributed by atoms with van der Waals surface area (Å²) in [5.74, 6) is -0.713. The van der Waals surface area contributed by atoms with Crippen LogP contribution in [0, 0.1) is 0 Å². The number of amides is 1. The van der Waals surface area contributed by atoms with Crippen LogP contribution < -0.4 is 0 Å². The van der Waals surface area contributed by atoms with Crippen LogP contribution in [0.4, 0.5) is 0 Å². The molecule has 0 unspecified atom stereocenters. The molecule has 0 aromatic heterocycles. The number of nitrogens with zero attached hydrogens (tertiary/aromatic N) is 3. The number of ether oxygens (including phenoxy) is 1. The van der Waals surface area contributed by atoms with Crippen LogP contribution in [0.3, 0.4) is 0 Å². The maximum atomic E-state index is 12.4. The summed E-state index contributed by atoms with van der Waals surface area (Å²) in [4.78, 5) is 29.8. The molecule has 3 rings (SSSR count). The van der Waals surface area contributed by atoms with Crippen LogP contribution in [0.5, 0.6) is 0 Å². The number of carbonyl (C=O) groups excluding carboxylic acids is 1. The van der Waals surface area contributed by atoms with Crippen molar-refractivity contribution < 1.29 is 19.4 Å². The maximum Gasteiger partial charge on any atom is 0.335 e. The van der Waals surface area contributed by atoms with E-state index in [1.807, 2.05) is 11.0 Å². The standard InChI is InChI=1S/C18H25N3O4/c22-17(14-20-8-10-25-11-9-20)21-6-4-19(5-7-21)13-15-2-1-3-16(12-15)18(23)24/h1-3,12H,4-11,13-14H2,(H,23,24). The zero-order valence-corrected chi connectivity index (χ0v) is 14.4. The highest BCUT2D eigenvalue weighted by molar-refractivity contribution is 5.87. The lowest BCUT2D eigenvalue weighted by Gasteiger charge is -2.36. The van der Waals surface area contributed by atoms with E-state index >= 15 is 0 Å². The first kappa shape index (κ1) is 17.8. The molecule has 0 radical (unpaired) electrons. The third kappa shape index (κ3) is 5.01. The number of piperazine rings is 1. The Morgan fingerprint density at radius 3 is 2.40 bits per heavy atom. The van der Waals surface area contributed by atoms with Crippen molar-refractivity contribution >= 4 is 11.9 Å². The van der Waals surface area contributed by atoms with Gasteiger partial charge in [-0.3, -0.25) is 14.6 Å². The van der Waals surface area contributed by atoms with Gasteiger partial charge in [-0.05, 0) is 17.7 Å². The predicted octanol–water partition coefficient (Wildman–Crippen LogP) is 0.361. The molecule has 7 nitrogen and oxygen atoms in total. The number of benzene rings is 1. The molecular formula is C18H25N3O4.